The number of hydrogen-bond donors (Lipinski definition) is 2. The van der Waals surface area contributed by atoms with Crippen LogP contribution in [0.2, 0.25) is 0 Å². The standard InChI is InChI=1S/C20H17N5O3/c21-18(26)16-12-13(6-9-22-16)7-10-28-20-17-15(8-11-27-17)19(24-25-20)23-14-4-2-1-3-5-14/h1-6,8-9,11-12H,7,10H2,(H2,21,26)(H,23,24). The Balaban J connectivity index is 1.48. The van der Waals surface area contributed by atoms with Gasteiger partial charge in [-0.3, -0.25) is 9.78 Å². The lowest BCUT2D eigenvalue weighted by atomic mass is 10.2. The summed E-state index contributed by atoms with van der Waals surface area (Å²) in [6.45, 7) is 0.332. The third kappa shape index (κ3) is 3.75. The number of rotatable bonds is 7. The zero-order valence-corrected chi connectivity index (χ0v) is 14.8. The van der Waals surface area contributed by atoms with E-state index in [4.69, 9.17) is 14.9 Å². The molecule has 0 fully saturated rings. The van der Waals surface area contributed by atoms with Crippen LogP contribution < -0.4 is 15.8 Å². The number of nitrogens with two attached hydrogens (primary N) is 1. The molecule has 1 aromatic carbocycles. The number of nitrogens with zero attached hydrogens (tertiary/aromatic N) is 3. The highest BCUT2D eigenvalue weighted by Gasteiger charge is 2.14. The summed E-state index contributed by atoms with van der Waals surface area (Å²) in [4.78, 5) is 15.1. The van der Waals surface area contributed by atoms with Crippen LogP contribution in [0.1, 0.15) is 16.1 Å². The van der Waals surface area contributed by atoms with Gasteiger partial charge in [-0.1, -0.05) is 18.2 Å². The Labute approximate surface area is 160 Å². The van der Waals surface area contributed by atoms with Crippen LogP contribution in [-0.2, 0) is 6.42 Å². The van der Waals surface area contributed by atoms with Gasteiger partial charge in [0.25, 0.3) is 11.8 Å². The zero-order chi connectivity index (χ0) is 19.3. The molecule has 0 saturated heterocycles. The van der Waals surface area contributed by atoms with Gasteiger partial charge in [-0.25, -0.2) is 0 Å². The van der Waals surface area contributed by atoms with E-state index in [0.717, 1.165) is 16.6 Å². The predicted octanol–water partition coefficient (Wildman–Crippen LogP) is 3.08. The molecule has 4 aromatic rings. The summed E-state index contributed by atoms with van der Waals surface area (Å²) in [6.07, 6.45) is 3.67. The molecule has 1 amide bonds. The molecule has 140 valence electrons. The topological polar surface area (TPSA) is 116 Å². The summed E-state index contributed by atoms with van der Waals surface area (Å²) in [5, 5.41) is 12.3. The number of benzene rings is 1. The number of aromatic nitrogens is 3. The number of carbonyl (C=O) groups excluding carboxylic acids is 1. The third-order valence-corrected chi connectivity index (χ3v) is 4.10. The monoisotopic (exact) mass is 375 g/mol. The average molecular weight is 375 g/mol. The van der Waals surface area contributed by atoms with Gasteiger partial charge in [-0.15, -0.1) is 10.2 Å². The second kappa shape index (κ2) is 7.75. The maximum Gasteiger partial charge on any atom is 0.277 e. The number of ether oxygens (including phenoxy) is 1. The Kier molecular flexibility index (Phi) is 4.83. The fourth-order valence-corrected chi connectivity index (χ4v) is 2.73. The first-order valence-electron chi connectivity index (χ1n) is 8.64. The predicted molar refractivity (Wildman–Crippen MR) is 103 cm³/mol. The lowest BCUT2D eigenvalue weighted by molar-refractivity contribution is 0.0995. The molecule has 28 heavy (non-hydrogen) atoms. The summed E-state index contributed by atoms with van der Waals surface area (Å²) in [7, 11) is 0. The number of amides is 1. The average Bonchev–Trinajstić information content (AvgIpc) is 3.21. The van der Waals surface area contributed by atoms with Gasteiger partial charge in [0, 0.05) is 18.3 Å². The van der Waals surface area contributed by atoms with Crippen molar-refractivity contribution in [2.45, 2.75) is 6.42 Å². The number of hydrogen-bond acceptors (Lipinski definition) is 7. The molecule has 8 nitrogen and oxygen atoms in total. The Hall–Kier alpha value is -3.94. The third-order valence-electron chi connectivity index (χ3n) is 4.10. The van der Waals surface area contributed by atoms with Crippen LogP contribution in [-0.4, -0.2) is 27.7 Å². The van der Waals surface area contributed by atoms with Crippen molar-refractivity contribution < 1.29 is 13.9 Å². The Bertz CT molecular complexity index is 1110. The van der Waals surface area contributed by atoms with E-state index in [0.29, 0.717) is 30.3 Å². The van der Waals surface area contributed by atoms with Crippen LogP contribution in [0.15, 0.2) is 65.4 Å². The summed E-state index contributed by atoms with van der Waals surface area (Å²) in [5.74, 6) is 0.331. The van der Waals surface area contributed by atoms with Crippen LogP contribution in [0.25, 0.3) is 11.0 Å². The van der Waals surface area contributed by atoms with Crippen molar-refractivity contribution >= 4 is 28.4 Å². The van der Waals surface area contributed by atoms with Crippen LogP contribution in [0.3, 0.4) is 0 Å². The molecular weight excluding hydrogens is 358 g/mol. The molecule has 8 heteroatoms. The maximum atomic E-state index is 11.2. The number of para-hydroxylation sites is 1. The molecule has 0 aliphatic rings. The number of pyridine rings is 1. The normalized spacial score (nSPS) is 10.7. The molecule has 4 rings (SSSR count). The van der Waals surface area contributed by atoms with E-state index < -0.39 is 5.91 Å². The Morgan fingerprint density at radius 2 is 2.00 bits per heavy atom. The largest absolute Gasteiger partial charge is 0.474 e. The van der Waals surface area contributed by atoms with Gasteiger partial charge in [-0.05, 0) is 35.9 Å². The fourth-order valence-electron chi connectivity index (χ4n) is 2.73. The molecule has 0 unspecified atom stereocenters. The fraction of sp³-hybridized carbons (Fsp3) is 0.100. The minimum atomic E-state index is -0.563. The Morgan fingerprint density at radius 1 is 1.14 bits per heavy atom. The molecule has 3 N–H and O–H groups in total. The summed E-state index contributed by atoms with van der Waals surface area (Å²) >= 11 is 0. The molecule has 3 aromatic heterocycles. The van der Waals surface area contributed by atoms with Gasteiger partial charge in [0.1, 0.15) is 5.69 Å². The summed E-state index contributed by atoms with van der Waals surface area (Å²) < 4.78 is 11.3. The minimum absolute atomic E-state index is 0.224. The van der Waals surface area contributed by atoms with Gasteiger partial charge in [0.15, 0.2) is 5.82 Å². The van der Waals surface area contributed by atoms with Crippen LogP contribution in [0, 0.1) is 0 Å². The van der Waals surface area contributed by atoms with Gasteiger partial charge in [-0.2, -0.15) is 0 Å². The quantitative estimate of drug-likeness (QED) is 0.510. The van der Waals surface area contributed by atoms with Crippen molar-refractivity contribution in [3.63, 3.8) is 0 Å². The highest BCUT2D eigenvalue weighted by atomic mass is 16.5. The van der Waals surface area contributed by atoms with E-state index >= 15 is 0 Å². The summed E-state index contributed by atoms with van der Waals surface area (Å²) in [6, 6.07) is 14.9. The molecule has 0 atom stereocenters. The lowest BCUT2D eigenvalue weighted by Gasteiger charge is -2.09. The van der Waals surface area contributed by atoms with Crippen LogP contribution in [0.4, 0.5) is 11.5 Å². The molecule has 0 aliphatic heterocycles. The van der Waals surface area contributed by atoms with E-state index in [1.54, 1.807) is 24.6 Å². The van der Waals surface area contributed by atoms with E-state index in [9.17, 15) is 4.79 Å². The van der Waals surface area contributed by atoms with Crippen LogP contribution in [0.5, 0.6) is 5.88 Å². The minimum Gasteiger partial charge on any atom is -0.474 e. The first kappa shape index (κ1) is 17.5. The highest BCUT2D eigenvalue weighted by Crippen LogP contribution is 2.30. The van der Waals surface area contributed by atoms with Crippen molar-refractivity contribution in [2.75, 3.05) is 11.9 Å². The number of nitrogens with one attached hydrogen (secondary N) is 1. The van der Waals surface area contributed by atoms with Gasteiger partial charge >= 0.3 is 0 Å². The first-order valence-corrected chi connectivity index (χ1v) is 8.64. The van der Waals surface area contributed by atoms with Gasteiger partial charge in [0.2, 0.25) is 5.58 Å². The van der Waals surface area contributed by atoms with Gasteiger partial charge < -0.3 is 20.2 Å². The molecule has 0 aliphatic carbocycles. The van der Waals surface area contributed by atoms with Crippen molar-refractivity contribution in [2.24, 2.45) is 5.73 Å². The molecule has 0 bridgehead atoms. The number of furan rings is 1. The second-order valence-corrected chi connectivity index (χ2v) is 6.02. The van der Waals surface area contributed by atoms with Crippen LogP contribution >= 0.6 is 0 Å². The number of anilines is 2. The van der Waals surface area contributed by atoms with E-state index in [-0.39, 0.29) is 5.69 Å². The number of primary amides is 1. The smallest absolute Gasteiger partial charge is 0.277 e. The highest BCUT2D eigenvalue weighted by molar-refractivity contribution is 5.92. The summed E-state index contributed by atoms with van der Waals surface area (Å²) in [5.41, 5.74) is 7.77. The lowest BCUT2D eigenvalue weighted by Crippen LogP contribution is -2.13. The van der Waals surface area contributed by atoms with Crippen molar-refractivity contribution in [1.29, 1.82) is 0 Å². The van der Waals surface area contributed by atoms with E-state index in [1.165, 1.54) is 0 Å². The SMILES string of the molecule is NC(=O)c1cc(CCOc2nnc(Nc3ccccc3)c3ccoc23)ccn1. The molecule has 3 heterocycles. The first-order chi connectivity index (χ1) is 13.7. The van der Waals surface area contributed by atoms with Crippen molar-refractivity contribution in [3.8, 4) is 5.88 Å². The molecule has 0 spiro atoms. The second-order valence-electron chi connectivity index (χ2n) is 6.02. The van der Waals surface area contributed by atoms with E-state index in [2.05, 4.69) is 20.5 Å². The molecule has 0 radical (unpaired) electrons. The van der Waals surface area contributed by atoms with E-state index in [1.807, 2.05) is 36.4 Å². The number of fused-ring (bicyclic) bond motifs is 1. The maximum absolute atomic E-state index is 11.2. The van der Waals surface area contributed by atoms with Crippen molar-refractivity contribution in [3.05, 3.63) is 72.2 Å². The molecule has 0 saturated carbocycles. The van der Waals surface area contributed by atoms with Gasteiger partial charge in [0.05, 0.1) is 18.3 Å². The Morgan fingerprint density at radius 3 is 2.82 bits per heavy atom. The van der Waals surface area contributed by atoms with Crippen molar-refractivity contribution in [1.82, 2.24) is 15.2 Å². The number of carbonyl (C=O) groups is 1. The zero-order valence-electron chi connectivity index (χ0n) is 14.8. The molecular formula is C20H17N5O3.